The third-order valence-electron chi connectivity index (χ3n) is 11.8. The van der Waals surface area contributed by atoms with Gasteiger partial charge in [-0.05, 0) is 106 Å². The average Bonchev–Trinajstić information content (AvgIpc) is 3.68. The van der Waals surface area contributed by atoms with Crippen LogP contribution in [0.5, 0.6) is 5.75 Å². The molecule has 1 N–H and O–H groups in total. The molecule has 0 aliphatic heterocycles. The number of para-hydroxylation sites is 2. The van der Waals surface area contributed by atoms with Crippen molar-refractivity contribution in [2.45, 2.75) is 66.1 Å². The number of imidazole rings is 1. The molecule has 63 heavy (non-hydrogen) atoms. The van der Waals surface area contributed by atoms with E-state index in [-0.39, 0.29) is 43.2 Å². The number of benzene rings is 7. The Bertz CT molecular complexity index is 3230. The predicted octanol–water partition coefficient (Wildman–Crippen LogP) is 15.1. The number of aromatic hydroxyl groups is 1. The SMILES string of the molecule is [2H]C([2H])([2H])c1cc(-c2c(-c3ccccc3)cccc2C(C)(C)C)ccc1-n1c(-c2ccccc2O)nc2c(-c3[c-]c(-c4cc(-c5ccc(C)cc5)ccn4)cc(C(C)(C)C)c3)cccc21.[Pt]. The predicted molar refractivity (Wildman–Crippen MR) is 259 cm³/mol. The van der Waals surface area contributed by atoms with E-state index in [2.05, 4.69) is 127 Å². The van der Waals surface area contributed by atoms with Crippen LogP contribution in [0.3, 0.4) is 0 Å². The van der Waals surface area contributed by atoms with Crippen LogP contribution in [0, 0.1) is 19.8 Å². The summed E-state index contributed by atoms with van der Waals surface area (Å²) in [5.74, 6) is 0.455. The maximum Gasteiger partial charge on any atom is 0.148 e. The molecule has 2 aromatic heterocycles. The number of nitrogens with zero attached hydrogens (tertiary/aromatic N) is 3. The first-order valence-electron chi connectivity index (χ1n) is 22.7. The van der Waals surface area contributed by atoms with Crippen LogP contribution < -0.4 is 0 Å². The molecule has 4 nitrogen and oxygen atoms in total. The Morgan fingerprint density at radius 3 is 2.02 bits per heavy atom. The number of aromatic nitrogens is 3. The van der Waals surface area contributed by atoms with Crippen LogP contribution in [0.1, 0.15) is 67.9 Å². The molecule has 0 aliphatic rings. The van der Waals surface area contributed by atoms with Crippen LogP contribution in [0.15, 0.2) is 164 Å². The smallest absolute Gasteiger partial charge is 0.148 e. The number of hydrogen-bond donors (Lipinski definition) is 1. The molecule has 0 saturated carbocycles. The van der Waals surface area contributed by atoms with Gasteiger partial charge in [-0.15, -0.1) is 29.3 Å². The van der Waals surface area contributed by atoms with Crippen molar-refractivity contribution in [3.8, 4) is 78.6 Å². The van der Waals surface area contributed by atoms with Gasteiger partial charge in [0.1, 0.15) is 11.6 Å². The molecule has 5 heteroatoms. The van der Waals surface area contributed by atoms with E-state index in [9.17, 15) is 5.11 Å². The fourth-order valence-corrected chi connectivity index (χ4v) is 8.43. The molecule has 0 unspecified atom stereocenters. The molecule has 9 aromatic rings. The molecule has 0 fully saturated rings. The summed E-state index contributed by atoms with van der Waals surface area (Å²) >= 11 is 0. The number of fused-ring (bicyclic) bond motifs is 1. The fourth-order valence-electron chi connectivity index (χ4n) is 8.43. The van der Waals surface area contributed by atoms with Gasteiger partial charge in [-0.3, -0.25) is 9.55 Å². The average molecular weight is 1010 g/mol. The van der Waals surface area contributed by atoms with E-state index in [0.717, 1.165) is 66.9 Å². The Balaban J connectivity index is 0.00000592. The second-order valence-corrected chi connectivity index (χ2v) is 18.3. The van der Waals surface area contributed by atoms with Crippen LogP contribution in [0.2, 0.25) is 0 Å². The molecular weight excluding hydrogens is 950 g/mol. The number of hydrogen-bond acceptors (Lipinski definition) is 3. The van der Waals surface area contributed by atoms with E-state index in [1.165, 1.54) is 5.56 Å². The van der Waals surface area contributed by atoms with Gasteiger partial charge in [-0.25, -0.2) is 4.98 Å². The van der Waals surface area contributed by atoms with Gasteiger partial charge < -0.3 is 5.11 Å². The van der Waals surface area contributed by atoms with Crippen molar-refractivity contribution in [3.05, 3.63) is 192 Å². The first-order valence-corrected chi connectivity index (χ1v) is 21.2. The van der Waals surface area contributed by atoms with Gasteiger partial charge in [-0.2, -0.15) is 0 Å². The molecular formula is C58H52N3OPt-. The Kier molecular flexibility index (Phi) is 10.7. The summed E-state index contributed by atoms with van der Waals surface area (Å²) in [5, 5.41) is 11.4. The van der Waals surface area contributed by atoms with Gasteiger partial charge in [0.25, 0.3) is 0 Å². The summed E-state index contributed by atoms with van der Waals surface area (Å²) < 4.78 is 29.1. The Labute approximate surface area is 390 Å². The summed E-state index contributed by atoms with van der Waals surface area (Å²) in [6.45, 7) is 12.7. The third-order valence-corrected chi connectivity index (χ3v) is 11.8. The van der Waals surface area contributed by atoms with Crippen LogP contribution in [0.4, 0.5) is 0 Å². The van der Waals surface area contributed by atoms with E-state index in [4.69, 9.17) is 14.1 Å². The molecule has 0 radical (unpaired) electrons. The zero-order chi connectivity index (χ0) is 45.8. The summed E-state index contributed by atoms with van der Waals surface area (Å²) in [6.07, 6.45) is 1.85. The quantitative estimate of drug-likeness (QED) is 0.162. The van der Waals surface area contributed by atoms with Gasteiger partial charge in [0.2, 0.25) is 0 Å². The summed E-state index contributed by atoms with van der Waals surface area (Å²) in [6, 6.07) is 56.1. The summed E-state index contributed by atoms with van der Waals surface area (Å²) in [5.41, 5.74) is 14.7. The Hall–Kier alpha value is -6.35. The van der Waals surface area contributed by atoms with E-state index in [1.54, 1.807) is 12.1 Å². The van der Waals surface area contributed by atoms with Gasteiger partial charge in [0.05, 0.1) is 22.3 Å². The van der Waals surface area contributed by atoms with Crippen LogP contribution >= 0.6 is 0 Å². The molecule has 9 rings (SSSR count). The van der Waals surface area contributed by atoms with E-state index < -0.39 is 6.85 Å². The number of rotatable bonds is 7. The number of phenols is 1. The summed E-state index contributed by atoms with van der Waals surface area (Å²) in [4.78, 5) is 10.2. The van der Waals surface area contributed by atoms with Crippen molar-refractivity contribution in [1.29, 1.82) is 0 Å². The molecule has 0 spiro atoms. The van der Waals surface area contributed by atoms with Gasteiger partial charge in [0, 0.05) is 37.1 Å². The van der Waals surface area contributed by atoms with E-state index >= 15 is 0 Å². The third kappa shape index (κ3) is 8.45. The summed E-state index contributed by atoms with van der Waals surface area (Å²) in [7, 11) is 0. The number of aryl methyl sites for hydroxylation is 2. The maximum absolute atomic E-state index is 11.4. The molecule has 0 aliphatic carbocycles. The number of phenolic OH excluding ortho intramolecular Hbond substituents is 1. The zero-order valence-electron chi connectivity index (χ0n) is 39.7. The fraction of sp³-hybridized carbons (Fsp3) is 0.172. The zero-order valence-corrected chi connectivity index (χ0v) is 39.0. The van der Waals surface area contributed by atoms with Crippen molar-refractivity contribution in [2.75, 3.05) is 0 Å². The van der Waals surface area contributed by atoms with Crippen molar-refractivity contribution >= 4 is 11.0 Å². The second kappa shape index (κ2) is 17.1. The minimum Gasteiger partial charge on any atom is -0.507 e. The topological polar surface area (TPSA) is 50.9 Å². The first kappa shape index (κ1) is 39.5. The Morgan fingerprint density at radius 1 is 0.603 bits per heavy atom. The van der Waals surface area contributed by atoms with Crippen LogP contribution in [0.25, 0.3) is 83.9 Å². The molecule has 0 atom stereocenters. The molecule has 0 amide bonds. The van der Waals surface area contributed by atoms with Crippen molar-refractivity contribution in [2.24, 2.45) is 0 Å². The van der Waals surface area contributed by atoms with Crippen molar-refractivity contribution < 1.29 is 30.3 Å². The molecule has 2 heterocycles. The van der Waals surface area contributed by atoms with E-state index in [0.29, 0.717) is 28.1 Å². The van der Waals surface area contributed by atoms with Crippen molar-refractivity contribution in [3.63, 3.8) is 0 Å². The molecule has 0 saturated heterocycles. The minimum atomic E-state index is -2.52. The largest absolute Gasteiger partial charge is 0.507 e. The van der Waals surface area contributed by atoms with Crippen LogP contribution in [-0.2, 0) is 31.9 Å². The van der Waals surface area contributed by atoms with Crippen LogP contribution in [-0.4, -0.2) is 19.6 Å². The standard InChI is InChI=1S/C58H52N3O.Pt/c1-37-24-26-39(27-25-37)41-30-31-59-50(36-41)44-33-43(34-45(35-44)57(3,4)5)47-20-15-22-52-55(47)60-56(48-18-12-13-23-53(48)62)61(52)51-29-28-42(32-38(51)2)54-46(40-16-10-9-11-17-40)19-14-21-49(54)58(6,7)8;/h9-32,34-36,62H,1-8H3;/q-1;/i2D3;. The van der Waals surface area contributed by atoms with Gasteiger partial charge in [0.15, 0.2) is 0 Å². The normalized spacial score (nSPS) is 12.7. The van der Waals surface area contributed by atoms with Gasteiger partial charge >= 0.3 is 0 Å². The Morgan fingerprint density at radius 2 is 1.29 bits per heavy atom. The molecule has 0 bridgehead atoms. The monoisotopic (exact) mass is 1000 g/mol. The second-order valence-electron chi connectivity index (χ2n) is 18.3. The van der Waals surface area contributed by atoms with Gasteiger partial charge in [-0.1, -0.05) is 167 Å². The molecule has 7 aromatic carbocycles. The molecule has 316 valence electrons. The minimum absolute atomic E-state index is 0. The number of pyridine rings is 1. The van der Waals surface area contributed by atoms with E-state index in [1.807, 2.05) is 83.6 Å². The maximum atomic E-state index is 11.4. The first-order chi connectivity index (χ1) is 31.0. The van der Waals surface area contributed by atoms with Crippen molar-refractivity contribution in [1.82, 2.24) is 14.5 Å².